The Balaban J connectivity index is 2.94. The first-order chi connectivity index (χ1) is 9.54. The third-order valence-electron chi connectivity index (χ3n) is 3.82. The van der Waals surface area contributed by atoms with E-state index in [1.807, 2.05) is 20.8 Å². The Kier molecular flexibility index (Phi) is 6.14. The van der Waals surface area contributed by atoms with Gasteiger partial charge in [0.05, 0.1) is 6.04 Å². The summed E-state index contributed by atoms with van der Waals surface area (Å²) in [5, 5.41) is 5.37. The zero-order valence-electron chi connectivity index (χ0n) is 13.9. The topological polar surface area (TPSA) is 41.1 Å². The summed E-state index contributed by atoms with van der Waals surface area (Å²) in [6.07, 6.45) is 4.56. The van der Waals surface area contributed by atoms with Crippen LogP contribution < -0.4 is 10.6 Å². The molecule has 0 aromatic heterocycles. The minimum absolute atomic E-state index is 0.147. The van der Waals surface area contributed by atoms with Crippen LogP contribution in [-0.2, 0) is 4.79 Å². The highest BCUT2D eigenvalue weighted by atomic mass is 19.3. The number of nitrogens with one attached hydrogen (secondary N) is 2. The lowest BCUT2D eigenvalue weighted by atomic mass is 9.80. The third kappa shape index (κ3) is 5.53. The van der Waals surface area contributed by atoms with Crippen molar-refractivity contribution < 1.29 is 13.6 Å². The molecular weight excluding hydrogens is 274 g/mol. The molecule has 1 saturated carbocycles. The van der Waals surface area contributed by atoms with Gasteiger partial charge in [0.25, 0.3) is 5.91 Å². The van der Waals surface area contributed by atoms with Gasteiger partial charge in [0, 0.05) is 11.6 Å². The fraction of sp³-hybridized carbons (Fsp3) is 0.938. The number of carbonyl (C=O) groups excluding carboxylic acids is 1. The number of rotatable bonds is 5. The SMILES string of the molecule is CC(C)NC(=O)C(F)(F)C(NC(C)(C)C)C1CCCCC1. The summed E-state index contributed by atoms with van der Waals surface area (Å²) in [5.74, 6) is -4.70. The number of hydrogen-bond acceptors (Lipinski definition) is 2. The second-order valence-corrected chi connectivity index (χ2v) is 7.52. The molecule has 0 aromatic carbocycles. The van der Waals surface area contributed by atoms with Crippen molar-refractivity contribution in [2.24, 2.45) is 5.92 Å². The van der Waals surface area contributed by atoms with Crippen LogP contribution >= 0.6 is 0 Å². The fourth-order valence-electron chi connectivity index (χ4n) is 2.94. The lowest BCUT2D eigenvalue weighted by molar-refractivity contribution is -0.155. The lowest BCUT2D eigenvalue weighted by Crippen LogP contribution is -2.62. The molecule has 1 fully saturated rings. The van der Waals surface area contributed by atoms with Crippen LogP contribution in [0.4, 0.5) is 8.78 Å². The Bertz CT molecular complexity index is 345. The molecule has 1 atom stereocenters. The van der Waals surface area contributed by atoms with Gasteiger partial charge in [-0.15, -0.1) is 0 Å². The Morgan fingerprint density at radius 1 is 1.10 bits per heavy atom. The zero-order valence-corrected chi connectivity index (χ0v) is 13.9. The predicted octanol–water partition coefficient (Wildman–Crippen LogP) is 3.48. The average Bonchev–Trinajstić information content (AvgIpc) is 2.35. The second kappa shape index (κ2) is 7.03. The van der Waals surface area contributed by atoms with Crippen molar-refractivity contribution >= 4 is 5.91 Å². The monoisotopic (exact) mass is 304 g/mol. The van der Waals surface area contributed by atoms with Gasteiger partial charge in [-0.25, -0.2) is 0 Å². The van der Waals surface area contributed by atoms with E-state index in [0.29, 0.717) is 0 Å². The van der Waals surface area contributed by atoms with Crippen molar-refractivity contribution in [3.05, 3.63) is 0 Å². The highest BCUT2D eigenvalue weighted by Gasteiger charge is 2.51. The molecule has 2 N–H and O–H groups in total. The number of hydrogen-bond donors (Lipinski definition) is 2. The average molecular weight is 304 g/mol. The van der Waals surface area contributed by atoms with E-state index in [9.17, 15) is 13.6 Å². The molecule has 0 saturated heterocycles. The first-order valence-corrected chi connectivity index (χ1v) is 8.00. The van der Waals surface area contributed by atoms with Crippen molar-refractivity contribution in [3.8, 4) is 0 Å². The van der Waals surface area contributed by atoms with Crippen molar-refractivity contribution in [3.63, 3.8) is 0 Å². The van der Waals surface area contributed by atoms with Crippen LogP contribution in [0.3, 0.4) is 0 Å². The van der Waals surface area contributed by atoms with E-state index >= 15 is 0 Å². The van der Waals surface area contributed by atoms with Gasteiger partial charge in [-0.2, -0.15) is 8.78 Å². The minimum atomic E-state index is -3.39. The summed E-state index contributed by atoms with van der Waals surface area (Å²) in [6, 6.07) is -1.39. The van der Waals surface area contributed by atoms with Crippen LogP contribution in [-0.4, -0.2) is 29.5 Å². The molecule has 1 amide bonds. The molecule has 124 valence electrons. The van der Waals surface area contributed by atoms with E-state index in [-0.39, 0.29) is 12.0 Å². The zero-order chi connectivity index (χ0) is 16.3. The quantitative estimate of drug-likeness (QED) is 0.816. The normalized spacial score (nSPS) is 19.6. The van der Waals surface area contributed by atoms with Crippen LogP contribution in [0.15, 0.2) is 0 Å². The van der Waals surface area contributed by atoms with Crippen LogP contribution in [0.2, 0.25) is 0 Å². The maximum atomic E-state index is 14.7. The summed E-state index contributed by atoms with van der Waals surface area (Å²) in [4.78, 5) is 11.9. The molecule has 0 heterocycles. The number of alkyl halides is 2. The Morgan fingerprint density at radius 2 is 1.62 bits per heavy atom. The second-order valence-electron chi connectivity index (χ2n) is 7.52. The van der Waals surface area contributed by atoms with Gasteiger partial charge in [0.2, 0.25) is 0 Å². The molecule has 1 aliphatic carbocycles. The van der Waals surface area contributed by atoms with Crippen LogP contribution in [0.5, 0.6) is 0 Å². The van der Waals surface area contributed by atoms with E-state index in [4.69, 9.17) is 0 Å². The summed E-state index contributed by atoms with van der Waals surface area (Å²) < 4.78 is 29.4. The molecule has 21 heavy (non-hydrogen) atoms. The van der Waals surface area contributed by atoms with Crippen LogP contribution in [0, 0.1) is 5.92 Å². The maximum Gasteiger partial charge on any atom is 0.339 e. The number of carbonyl (C=O) groups is 1. The van der Waals surface area contributed by atoms with E-state index in [1.165, 1.54) is 0 Å². The number of amides is 1. The third-order valence-corrected chi connectivity index (χ3v) is 3.82. The predicted molar refractivity (Wildman–Crippen MR) is 81.5 cm³/mol. The van der Waals surface area contributed by atoms with Crippen LogP contribution in [0.25, 0.3) is 0 Å². The molecule has 0 bridgehead atoms. The van der Waals surface area contributed by atoms with Crippen molar-refractivity contribution in [1.29, 1.82) is 0 Å². The fourth-order valence-corrected chi connectivity index (χ4v) is 2.94. The van der Waals surface area contributed by atoms with Crippen molar-refractivity contribution in [2.45, 2.75) is 90.3 Å². The maximum absolute atomic E-state index is 14.7. The van der Waals surface area contributed by atoms with Gasteiger partial charge in [-0.1, -0.05) is 19.3 Å². The largest absolute Gasteiger partial charge is 0.349 e. The molecule has 1 unspecified atom stereocenters. The van der Waals surface area contributed by atoms with Gasteiger partial charge >= 0.3 is 5.92 Å². The Morgan fingerprint density at radius 3 is 2.05 bits per heavy atom. The van der Waals surface area contributed by atoms with Crippen molar-refractivity contribution in [1.82, 2.24) is 10.6 Å². The molecule has 1 aliphatic rings. The first-order valence-electron chi connectivity index (χ1n) is 8.00. The minimum Gasteiger partial charge on any atom is -0.349 e. The lowest BCUT2D eigenvalue weighted by Gasteiger charge is -2.39. The molecular formula is C16H30F2N2O. The van der Waals surface area contributed by atoms with E-state index in [0.717, 1.165) is 32.1 Å². The van der Waals surface area contributed by atoms with E-state index in [2.05, 4.69) is 10.6 Å². The molecule has 3 nitrogen and oxygen atoms in total. The van der Waals surface area contributed by atoms with Crippen LogP contribution in [0.1, 0.15) is 66.7 Å². The smallest absolute Gasteiger partial charge is 0.339 e. The molecule has 0 radical (unpaired) electrons. The van der Waals surface area contributed by atoms with Gasteiger partial charge in [-0.3, -0.25) is 4.79 Å². The summed E-state index contributed by atoms with van der Waals surface area (Å²) >= 11 is 0. The Labute approximate surface area is 127 Å². The van der Waals surface area contributed by atoms with Gasteiger partial charge < -0.3 is 10.6 Å². The van der Waals surface area contributed by atoms with Gasteiger partial charge in [-0.05, 0) is 53.4 Å². The van der Waals surface area contributed by atoms with Gasteiger partial charge in [0.15, 0.2) is 0 Å². The van der Waals surface area contributed by atoms with Gasteiger partial charge in [0.1, 0.15) is 0 Å². The molecule has 1 rings (SSSR count). The summed E-state index contributed by atoms with van der Waals surface area (Å²) in [6.45, 7) is 8.97. The molecule has 5 heteroatoms. The summed E-state index contributed by atoms with van der Waals surface area (Å²) in [5.41, 5.74) is -0.455. The summed E-state index contributed by atoms with van der Waals surface area (Å²) in [7, 11) is 0. The van der Waals surface area contributed by atoms with Crippen molar-refractivity contribution in [2.75, 3.05) is 0 Å². The standard InChI is InChI=1S/C16H30F2N2O/c1-11(2)19-14(21)16(17,18)13(20-15(3,4)5)12-9-7-6-8-10-12/h11-13,20H,6-10H2,1-5H3,(H,19,21). The molecule has 0 spiro atoms. The molecule has 0 aliphatic heterocycles. The highest BCUT2D eigenvalue weighted by molar-refractivity contribution is 5.84. The highest BCUT2D eigenvalue weighted by Crippen LogP contribution is 2.35. The molecule has 0 aromatic rings. The first kappa shape index (κ1) is 18.3. The number of halogens is 2. The Hall–Kier alpha value is -0.710. The van der Waals surface area contributed by atoms with E-state index in [1.54, 1.807) is 13.8 Å². The van der Waals surface area contributed by atoms with E-state index < -0.39 is 23.4 Å².